The minimum atomic E-state index is -3.71. The van der Waals surface area contributed by atoms with Crippen molar-refractivity contribution in [2.75, 3.05) is 41.9 Å². The van der Waals surface area contributed by atoms with Gasteiger partial charge in [-0.1, -0.05) is 30.2 Å². The van der Waals surface area contributed by atoms with E-state index < -0.39 is 10.0 Å². The van der Waals surface area contributed by atoms with Crippen LogP contribution in [0.3, 0.4) is 0 Å². The van der Waals surface area contributed by atoms with Crippen molar-refractivity contribution in [2.45, 2.75) is 50.0 Å². The van der Waals surface area contributed by atoms with Crippen molar-refractivity contribution in [3.63, 3.8) is 0 Å². The van der Waals surface area contributed by atoms with Crippen molar-refractivity contribution < 1.29 is 13.2 Å². The number of sulfonamides is 1. The molecule has 3 aromatic rings. The van der Waals surface area contributed by atoms with Gasteiger partial charge in [0.25, 0.3) is 0 Å². The number of benzene rings is 2. The maximum atomic E-state index is 13.1. The number of hydrogen-bond donors (Lipinski definition) is 2. The van der Waals surface area contributed by atoms with Crippen molar-refractivity contribution in [2.24, 2.45) is 0 Å². The van der Waals surface area contributed by atoms with Crippen LogP contribution in [0.4, 0.5) is 28.8 Å². The molecule has 1 saturated heterocycles. The quantitative estimate of drug-likeness (QED) is 0.339. The van der Waals surface area contributed by atoms with Gasteiger partial charge in [-0.15, -0.1) is 0 Å². The van der Waals surface area contributed by atoms with Gasteiger partial charge in [0.15, 0.2) is 5.82 Å². The Bertz CT molecular complexity index is 1390. The summed E-state index contributed by atoms with van der Waals surface area (Å²) in [7, 11) is -1.84. The van der Waals surface area contributed by atoms with Crippen molar-refractivity contribution >= 4 is 50.5 Å². The summed E-state index contributed by atoms with van der Waals surface area (Å²) in [4.78, 5) is 13.4. The topological polar surface area (TPSA) is 99.7 Å². The lowest BCUT2D eigenvalue weighted by Crippen LogP contribution is -2.39. The Morgan fingerprint density at radius 1 is 1.13 bits per heavy atom. The number of para-hydroxylation sites is 1. The zero-order valence-corrected chi connectivity index (χ0v) is 23.2. The third kappa shape index (κ3) is 5.67. The smallest absolute Gasteiger partial charge is 0.242 e. The van der Waals surface area contributed by atoms with Crippen LogP contribution in [0, 0.1) is 0 Å². The van der Waals surface area contributed by atoms with E-state index in [1.807, 2.05) is 24.9 Å². The first kappa shape index (κ1) is 26.5. The average molecular weight is 557 g/mol. The van der Waals surface area contributed by atoms with Gasteiger partial charge in [-0.05, 0) is 56.9 Å². The normalized spacial score (nSPS) is 15.8. The second-order valence-electron chi connectivity index (χ2n) is 9.58. The lowest BCUT2D eigenvalue weighted by molar-refractivity contribution is 0.341. The number of ether oxygens (including phenoxy) is 1. The lowest BCUT2D eigenvalue weighted by atomic mass is 9.94. The molecule has 0 atom stereocenters. The molecule has 38 heavy (non-hydrogen) atoms. The van der Waals surface area contributed by atoms with Crippen LogP contribution in [0.2, 0.25) is 5.02 Å². The van der Waals surface area contributed by atoms with Crippen LogP contribution in [-0.2, 0) is 10.0 Å². The first-order valence-electron chi connectivity index (χ1n) is 13.0. The zero-order chi connectivity index (χ0) is 26.7. The Morgan fingerprint density at radius 3 is 2.61 bits per heavy atom. The molecule has 0 spiro atoms. The van der Waals surface area contributed by atoms with Crippen LogP contribution in [-0.4, -0.2) is 51.2 Å². The van der Waals surface area contributed by atoms with E-state index in [0.29, 0.717) is 24.1 Å². The third-order valence-corrected chi connectivity index (χ3v) is 8.82. The summed E-state index contributed by atoms with van der Waals surface area (Å²) in [6, 6.07) is 12.9. The Balaban J connectivity index is 1.42. The fraction of sp³-hybridized carbons (Fsp3) is 0.407. The molecule has 1 aliphatic heterocycles. The molecule has 202 valence electrons. The number of hydrogen-bond acceptors (Lipinski definition) is 8. The Labute approximate surface area is 229 Å². The number of anilines is 5. The maximum absolute atomic E-state index is 13.1. The third-order valence-electron chi connectivity index (χ3n) is 6.96. The summed E-state index contributed by atoms with van der Waals surface area (Å²) in [5.74, 6) is 1.44. The van der Waals surface area contributed by atoms with Gasteiger partial charge in [0.2, 0.25) is 16.0 Å². The highest BCUT2D eigenvalue weighted by Gasteiger charge is 2.27. The maximum Gasteiger partial charge on any atom is 0.242 e. The Morgan fingerprint density at radius 2 is 1.89 bits per heavy atom. The van der Waals surface area contributed by atoms with Crippen molar-refractivity contribution in [1.82, 2.24) is 14.7 Å². The molecule has 0 radical (unpaired) electrons. The first-order chi connectivity index (χ1) is 18.4. The van der Waals surface area contributed by atoms with Gasteiger partial charge in [0.05, 0.1) is 24.2 Å². The molecule has 2 N–H and O–H groups in total. The van der Waals surface area contributed by atoms with Gasteiger partial charge in [0.1, 0.15) is 15.7 Å². The fourth-order valence-corrected chi connectivity index (χ4v) is 6.28. The fourth-order valence-electron chi connectivity index (χ4n) is 4.68. The second-order valence-corrected chi connectivity index (χ2v) is 11.7. The van der Waals surface area contributed by atoms with Gasteiger partial charge < -0.3 is 19.9 Å². The van der Waals surface area contributed by atoms with E-state index >= 15 is 0 Å². The van der Waals surface area contributed by atoms with Gasteiger partial charge in [-0.2, -0.15) is 4.98 Å². The van der Waals surface area contributed by atoms with E-state index in [0.717, 1.165) is 49.5 Å². The van der Waals surface area contributed by atoms with Crippen LogP contribution in [0.1, 0.15) is 39.0 Å². The molecule has 0 unspecified atom stereocenters. The standard InChI is InChI=1S/C27H33ClN6O3S/c1-3-37-24-17-20(34-15-6-7-16-34)13-14-23(24)33(2)27-29-18-21(28)26(31-27)30-22-11-4-5-12-25(22)38(35,36)32-19-9-8-10-19/h4-5,11-14,17-19,32H,3,6-10,15-16H2,1-2H3,(H,29,30,31). The SMILES string of the molecule is CCOc1cc(N2CCCC2)ccc1N(C)c1ncc(Cl)c(Nc2ccccc2S(=O)(=O)NC2CCC2)n1. The number of nitrogens with one attached hydrogen (secondary N) is 2. The molecular formula is C27H33ClN6O3S. The zero-order valence-electron chi connectivity index (χ0n) is 21.7. The molecule has 2 heterocycles. The van der Waals surface area contributed by atoms with Crippen LogP contribution in [0.5, 0.6) is 5.75 Å². The Hall–Kier alpha value is -3.08. The lowest BCUT2D eigenvalue weighted by Gasteiger charge is -2.26. The summed E-state index contributed by atoms with van der Waals surface area (Å²) in [5, 5.41) is 3.40. The molecule has 0 bridgehead atoms. The van der Waals surface area contributed by atoms with Gasteiger partial charge >= 0.3 is 0 Å². The molecular weight excluding hydrogens is 524 g/mol. The molecule has 2 aromatic carbocycles. The largest absolute Gasteiger partial charge is 0.492 e. The van der Waals surface area contributed by atoms with Crippen molar-refractivity contribution in [3.8, 4) is 5.75 Å². The van der Waals surface area contributed by atoms with Crippen molar-refractivity contribution in [1.29, 1.82) is 0 Å². The molecule has 5 rings (SSSR count). The predicted molar refractivity (Wildman–Crippen MR) is 152 cm³/mol. The van der Waals surface area contributed by atoms with E-state index in [1.54, 1.807) is 24.3 Å². The van der Waals surface area contributed by atoms with Gasteiger partial charge in [0, 0.05) is 37.9 Å². The average Bonchev–Trinajstić information content (AvgIpc) is 3.43. The van der Waals surface area contributed by atoms with Crippen molar-refractivity contribution in [3.05, 3.63) is 53.7 Å². The highest BCUT2D eigenvalue weighted by atomic mass is 35.5. The van der Waals surface area contributed by atoms with Crippen LogP contribution in [0.15, 0.2) is 53.6 Å². The molecule has 1 saturated carbocycles. The summed E-state index contributed by atoms with van der Waals surface area (Å²) in [6.45, 7) is 4.57. The van der Waals surface area contributed by atoms with Crippen LogP contribution < -0.4 is 24.6 Å². The Kier molecular flexibility index (Phi) is 7.92. The van der Waals surface area contributed by atoms with Crippen LogP contribution in [0.25, 0.3) is 0 Å². The number of aromatic nitrogens is 2. The minimum absolute atomic E-state index is 0.0210. The predicted octanol–water partition coefficient (Wildman–Crippen LogP) is 5.47. The van der Waals surface area contributed by atoms with E-state index in [-0.39, 0.29) is 16.0 Å². The van der Waals surface area contributed by atoms with E-state index in [2.05, 4.69) is 37.0 Å². The second kappa shape index (κ2) is 11.3. The number of nitrogens with zero attached hydrogens (tertiary/aromatic N) is 4. The van der Waals surface area contributed by atoms with E-state index in [4.69, 9.17) is 16.3 Å². The summed E-state index contributed by atoms with van der Waals surface area (Å²) in [5.41, 5.74) is 2.34. The van der Waals surface area contributed by atoms with E-state index in [9.17, 15) is 8.42 Å². The van der Waals surface area contributed by atoms with Crippen LogP contribution >= 0.6 is 11.6 Å². The molecule has 2 fully saturated rings. The first-order valence-corrected chi connectivity index (χ1v) is 14.9. The molecule has 0 amide bonds. The monoisotopic (exact) mass is 556 g/mol. The minimum Gasteiger partial charge on any atom is -0.492 e. The summed E-state index contributed by atoms with van der Waals surface area (Å²) < 4.78 is 34.9. The summed E-state index contributed by atoms with van der Waals surface area (Å²) in [6.07, 6.45) is 6.63. The van der Waals surface area contributed by atoms with E-state index in [1.165, 1.54) is 19.0 Å². The number of rotatable bonds is 10. The van der Waals surface area contributed by atoms with Gasteiger partial charge in [-0.3, -0.25) is 0 Å². The van der Waals surface area contributed by atoms with Gasteiger partial charge in [-0.25, -0.2) is 18.1 Å². The molecule has 1 aliphatic carbocycles. The molecule has 2 aliphatic rings. The molecule has 9 nitrogen and oxygen atoms in total. The highest BCUT2D eigenvalue weighted by molar-refractivity contribution is 7.89. The molecule has 1 aromatic heterocycles. The highest BCUT2D eigenvalue weighted by Crippen LogP contribution is 2.37. The number of halogens is 1. The molecule has 11 heteroatoms. The summed E-state index contributed by atoms with van der Waals surface area (Å²) >= 11 is 6.45.